The average molecular weight is 330 g/mol. The number of fused-ring (bicyclic) bond motifs is 1. The molecule has 0 amide bonds. The summed E-state index contributed by atoms with van der Waals surface area (Å²) in [7, 11) is 0. The molecule has 0 N–H and O–H groups in total. The van der Waals surface area contributed by atoms with Crippen molar-refractivity contribution in [2.24, 2.45) is 5.92 Å². The summed E-state index contributed by atoms with van der Waals surface area (Å²) in [5.41, 5.74) is 2.62. The van der Waals surface area contributed by atoms with Gasteiger partial charge in [0.05, 0.1) is 6.61 Å². The van der Waals surface area contributed by atoms with Crippen molar-refractivity contribution >= 4 is 27.5 Å². The third-order valence-corrected chi connectivity index (χ3v) is 5.10. The maximum absolute atomic E-state index is 6.21. The zero-order valence-electron chi connectivity index (χ0n) is 10.4. The Bertz CT molecular complexity index is 446. The molecule has 98 valence electrons. The largest absolute Gasteiger partial charge is 0.493 e. The normalized spacial score (nSPS) is 26.8. The number of rotatable bonds is 2. The molecule has 1 heterocycles. The SMILES string of the molecule is Clc1cc2c(c(CC3CCCC(Br)C3)c1)OCC2. The van der Waals surface area contributed by atoms with Crippen LogP contribution in [0.4, 0.5) is 0 Å². The summed E-state index contributed by atoms with van der Waals surface area (Å²) in [6.07, 6.45) is 7.40. The quantitative estimate of drug-likeness (QED) is 0.710. The highest BCUT2D eigenvalue weighted by Gasteiger charge is 2.24. The van der Waals surface area contributed by atoms with Gasteiger partial charge in [0.25, 0.3) is 0 Å². The van der Waals surface area contributed by atoms with E-state index in [9.17, 15) is 0 Å². The first-order valence-electron chi connectivity index (χ1n) is 6.80. The van der Waals surface area contributed by atoms with E-state index in [0.29, 0.717) is 4.83 Å². The maximum Gasteiger partial charge on any atom is 0.125 e. The van der Waals surface area contributed by atoms with Crippen molar-refractivity contribution in [2.45, 2.75) is 43.4 Å². The Labute approximate surface area is 122 Å². The molecule has 1 aromatic rings. The summed E-state index contributed by atoms with van der Waals surface area (Å²) in [4.78, 5) is 0.699. The third kappa shape index (κ3) is 2.70. The van der Waals surface area contributed by atoms with Crippen molar-refractivity contribution in [1.82, 2.24) is 0 Å². The molecule has 0 aromatic heterocycles. The molecule has 1 saturated carbocycles. The second kappa shape index (κ2) is 5.42. The fraction of sp³-hybridized carbons (Fsp3) is 0.600. The Hall–Kier alpha value is -0.210. The van der Waals surface area contributed by atoms with Crippen LogP contribution in [-0.4, -0.2) is 11.4 Å². The van der Waals surface area contributed by atoms with Crippen molar-refractivity contribution < 1.29 is 4.74 Å². The van der Waals surface area contributed by atoms with Crippen molar-refractivity contribution in [3.8, 4) is 5.75 Å². The van der Waals surface area contributed by atoms with E-state index in [-0.39, 0.29) is 0 Å². The number of halogens is 2. The van der Waals surface area contributed by atoms with Crippen molar-refractivity contribution in [3.63, 3.8) is 0 Å². The Morgan fingerprint density at radius 3 is 3.06 bits per heavy atom. The summed E-state index contributed by atoms with van der Waals surface area (Å²) < 4.78 is 5.78. The van der Waals surface area contributed by atoms with E-state index in [1.54, 1.807) is 0 Å². The number of hydrogen-bond acceptors (Lipinski definition) is 1. The third-order valence-electron chi connectivity index (χ3n) is 4.05. The molecule has 0 saturated heterocycles. The molecule has 2 unspecified atom stereocenters. The van der Waals surface area contributed by atoms with E-state index in [2.05, 4.69) is 28.1 Å². The van der Waals surface area contributed by atoms with Gasteiger partial charge in [0, 0.05) is 16.3 Å². The summed E-state index contributed by atoms with van der Waals surface area (Å²) in [6, 6.07) is 4.16. The molecule has 0 radical (unpaired) electrons. The van der Waals surface area contributed by atoms with Crippen LogP contribution in [0, 0.1) is 5.92 Å². The Morgan fingerprint density at radius 2 is 2.22 bits per heavy atom. The first-order chi connectivity index (χ1) is 8.72. The highest BCUT2D eigenvalue weighted by Crippen LogP contribution is 2.37. The van der Waals surface area contributed by atoms with Crippen LogP contribution in [0.2, 0.25) is 5.02 Å². The molecule has 3 heteroatoms. The van der Waals surface area contributed by atoms with Crippen LogP contribution >= 0.6 is 27.5 Å². The van der Waals surface area contributed by atoms with Crippen molar-refractivity contribution in [2.75, 3.05) is 6.61 Å². The second-order valence-electron chi connectivity index (χ2n) is 5.49. The zero-order valence-corrected chi connectivity index (χ0v) is 12.8. The molecule has 1 aromatic carbocycles. The van der Waals surface area contributed by atoms with Gasteiger partial charge in [-0.3, -0.25) is 0 Å². The van der Waals surface area contributed by atoms with Crippen LogP contribution in [0.1, 0.15) is 36.8 Å². The summed E-state index contributed by atoms with van der Waals surface area (Å²) >= 11 is 9.97. The van der Waals surface area contributed by atoms with Gasteiger partial charge in [-0.05, 0) is 48.4 Å². The number of benzene rings is 1. The van der Waals surface area contributed by atoms with Crippen LogP contribution in [0.5, 0.6) is 5.75 Å². The summed E-state index contributed by atoms with van der Waals surface area (Å²) in [5, 5.41) is 0.862. The van der Waals surface area contributed by atoms with E-state index in [4.69, 9.17) is 16.3 Å². The van der Waals surface area contributed by atoms with Crippen LogP contribution in [0.3, 0.4) is 0 Å². The van der Waals surface area contributed by atoms with Crippen LogP contribution in [0.15, 0.2) is 12.1 Å². The standard InChI is InChI=1S/C15H18BrClO/c16-13-3-1-2-10(7-13)6-12-9-14(17)8-11-4-5-18-15(11)12/h8-10,13H,1-7H2. The minimum absolute atomic E-state index is 0.699. The Balaban J connectivity index is 1.80. The first kappa shape index (κ1) is 12.8. The maximum atomic E-state index is 6.21. The number of hydrogen-bond donors (Lipinski definition) is 0. The molecular formula is C15H18BrClO. The molecule has 0 bridgehead atoms. The fourth-order valence-electron chi connectivity index (χ4n) is 3.22. The van der Waals surface area contributed by atoms with E-state index in [1.807, 2.05) is 0 Å². The van der Waals surface area contributed by atoms with Gasteiger partial charge in [0.1, 0.15) is 5.75 Å². The minimum Gasteiger partial charge on any atom is -0.493 e. The molecule has 1 aliphatic carbocycles. The molecule has 18 heavy (non-hydrogen) atoms. The fourth-order valence-corrected chi connectivity index (χ4v) is 4.34. The molecule has 0 spiro atoms. The molecule has 1 fully saturated rings. The van der Waals surface area contributed by atoms with Crippen molar-refractivity contribution in [3.05, 3.63) is 28.3 Å². The smallest absolute Gasteiger partial charge is 0.125 e. The first-order valence-corrected chi connectivity index (χ1v) is 8.10. The lowest BCUT2D eigenvalue weighted by Crippen LogP contribution is -2.17. The second-order valence-corrected chi connectivity index (χ2v) is 7.22. The lowest BCUT2D eigenvalue weighted by molar-refractivity contribution is 0.339. The van der Waals surface area contributed by atoms with Crippen LogP contribution in [-0.2, 0) is 12.8 Å². The Kier molecular flexibility index (Phi) is 3.86. The van der Waals surface area contributed by atoms with Gasteiger partial charge in [-0.2, -0.15) is 0 Å². The molecule has 1 aliphatic heterocycles. The van der Waals surface area contributed by atoms with Gasteiger partial charge in [0.2, 0.25) is 0 Å². The summed E-state index contributed by atoms with van der Waals surface area (Å²) in [6.45, 7) is 0.814. The van der Waals surface area contributed by atoms with Crippen LogP contribution < -0.4 is 4.74 Å². The highest BCUT2D eigenvalue weighted by atomic mass is 79.9. The van der Waals surface area contributed by atoms with Gasteiger partial charge in [-0.15, -0.1) is 0 Å². The Morgan fingerprint density at radius 1 is 1.33 bits per heavy atom. The van der Waals surface area contributed by atoms with E-state index >= 15 is 0 Å². The number of ether oxygens (including phenoxy) is 1. The summed E-state index contributed by atoms with van der Waals surface area (Å²) in [5.74, 6) is 1.89. The monoisotopic (exact) mass is 328 g/mol. The topological polar surface area (TPSA) is 9.23 Å². The molecular weight excluding hydrogens is 312 g/mol. The lowest BCUT2D eigenvalue weighted by Gasteiger charge is -2.26. The average Bonchev–Trinajstić information content (AvgIpc) is 2.77. The van der Waals surface area contributed by atoms with Gasteiger partial charge < -0.3 is 4.74 Å². The molecule has 2 aliphatic rings. The lowest BCUT2D eigenvalue weighted by atomic mass is 9.84. The van der Waals surface area contributed by atoms with E-state index in [1.165, 1.54) is 36.8 Å². The molecule has 1 nitrogen and oxygen atoms in total. The predicted octanol–water partition coefficient (Wildman–Crippen LogP) is 4.77. The van der Waals surface area contributed by atoms with E-state index < -0.39 is 0 Å². The minimum atomic E-state index is 0.699. The van der Waals surface area contributed by atoms with Gasteiger partial charge in [-0.25, -0.2) is 0 Å². The highest BCUT2D eigenvalue weighted by molar-refractivity contribution is 9.09. The predicted molar refractivity (Wildman–Crippen MR) is 79.0 cm³/mol. The van der Waals surface area contributed by atoms with Gasteiger partial charge >= 0.3 is 0 Å². The number of alkyl halides is 1. The van der Waals surface area contributed by atoms with Crippen LogP contribution in [0.25, 0.3) is 0 Å². The zero-order chi connectivity index (χ0) is 12.5. The van der Waals surface area contributed by atoms with Gasteiger partial charge in [-0.1, -0.05) is 40.4 Å². The molecule has 2 atom stereocenters. The van der Waals surface area contributed by atoms with E-state index in [0.717, 1.165) is 36.1 Å². The van der Waals surface area contributed by atoms with Crippen molar-refractivity contribution in [1.29, 1.82) is 0 Å². The van der Waals surface area contributed by atoms with Gasteiger partial charge in [0.15, 0.2) is 0 Å². The molecule has 3 rings (SSSR count).